The van der Waals surface area contributed by atoms with Crippen molar-refractivity contribution in [3.63, 3.8) is 0 Å². The minimum Gasteiger partial charge on any atom is -0.468 e. The highest BCUT2D eigenvalue weighted by Crippen LogP contribution is 2.28. The van der Waals surface area contributed by atoms with E-state index >= 15 is 0 Å². The molecule has 1 aromatic carbocycles. The minimum atomic E-state index is -0.0801. The van der Waals surface area contributed by atoms with Gasteiger partial charge in [0, 0.05) is 37.2 Å². The van der Waals surface area contributed by atoms with Gasteiger partial charge in [-0.1, -0.05) is 30.3 Å². The number of rotatable bonds is 5. The van der Waals surface area contributed by atoms with Crippen LogP contribution >= 0.6 is 0 Å². The van der Waals surface area contributed by atoms with Crippen LogP contribution in [0.25, 0.3) is 0 Å². The Morgan fingerprint density at radius 3 is 2.70 bits per heavy atom. The van der Waals surface area contributed by atoms with Crippen molar-refractivity contribution in [2.24, 2.45) is 0 Å². The van der Waals surface area contributed by atoms with Crippen LogP contribution in [0.15, 0.2) is 52.9 Å². The predicted octanol–water partition coefficient (Wildman–Crippen LogP) is 3.62. The zero-order valence-corrected chi connectivity index (χ0v) is 15.4. The summed E-state index contributed by atoms with van der Waals surface area (Å²) < 4.78 is 10.4. The zero-order valence-electron chi connectivity index (χ0n) is 15.4. The normalized spacial score (nSPS) is 15.1. The first-order valence-electron chi connectivity index (χ1n) is 9.24. The van der Waals surface area contributed by atoms with Gasteiger partial charge >= 0.3 is 0 Å². The molecule has 0 unspecified atom stereocenters. The number of furan rings is 1. The maximum Gasteiger partial charge on any atom is 0.289 e. The summed E-state index contributed by atoms with van der Waals surface area (Å²) in [5.74, 6) is 0.982. The van der Waals surface area contributed by atoms with E-state index in [1.165, 1.54) is 12.7 Å². The number of methoxy groups -OCH3 is 1. The number of nitrogens with zero attached hydrogens (tertiary/aromatic N) is 2. The van der Waals surface area contributed by atoms with E-state index in [2.05, 4.69) is 28.4 Å². The van der Waals surface area contributed by atoms with E-state index in [-0.39, 0.29) is 5.91 Å². The molecule has 0 aliphatic carbocycles. The topological polar surface area (TPSA) is 71.4 Å². The molecular formula is C21H23N3O3. The van der Waals surface area contributed by atoms with Gasteiger partial charge in [-0.2, -0.15) is 5.10 Å². The van der Waals surface area contributed by atoms with Crippen LogP contribution in [-0.2, 0) is 6.42 Å². The molecule has 0 spiro atoms. The molecule has 27 heavy (non-hydrogen) atoms. The summed E-state index contributed by atoms with van der Waals surface area (Å²) in [6, 6.07) is 15.8. The molecule has 1 aliphatic rings. The molecule has 3 aromatic rings. The third-order valence-electron chi connectivity index (χ3n) is 5.08. The smallest absolute Gasteiger partial charge is 0.289 e. The lowest BCUT2D eigenvalue weighted by Crippen LogP contribution is -2.37. The van der Waals surface area contributed by atoms with Crippen LogP contribution in [0.1, 0.15) is 46.3 Å². The predicted molar refractivity (Wildman–Crippen MR) is 101 cm³/mol. The summed E-state index contributed by atoms with van der Waals surface area (Å²) in [4.78, 5) is 14.4. The number of likely N-dealkylation sites (tertiary alicyclic amines) is 1. The number of H-pyrrole nitrogens is 1. The lowest BCUT2D eigenvalue weighted by molar-refractivity contribution is 0.0674. The Hall–Kier alpha value is -3.02. The lowest BCUT2D eigenvalue weighted by Gasteiger charge is -2.30. The van der Waals surface area contributed by atoms with E-state index < -0.39 is 0 Å². The number of piperidine rings is 1. The van der Waals surface area contributed by atoms with Crippen molar-refractivity contribution in [1.82, 2.24) is 15.1 Å². The summed E-state index contributed by atoms with van der Waals surface area (Å²) in [5, 5.41) is 7.68. The number of carbonyl (C=O) groups excluding carboxylic acids is 1. The molecule has 6 nitrogen and oxygen atoms in total. The van der Waals surface area contributed by atoms with Gasteiger partial charge in [-0.25, -0.2) is 0 Å². The Balaban J connectivity index is 1.34. The molecule has 2 aromatic heterocycles. The number of benzene rings is 1. The van der Waals surface area contributed by atoms with Crippen molar-refractivity contribution in [2.45, 2.75) is 25.2 Å². The number of carbonyl (C=O) groups is 1. The van der Waals surface area contributed by atoms with Gasteiger partial charge < -0.3 is 14.1 Å². The Morgan fingerprint density at radius 2 is 2.00 bits per heavy atom. The van der Waals surface area contributed by atoms with Crippen molar-refractivity contribution >= 4 is 5.91 Å². The van der Waals surface area contributed by atoms with Gasteiger partial charge in [0.15, 0.2) is 5.76 Å². The van der Waals surface area contributed by atoms with Gasteiger partial charge in [0.2, 0.25) is 0 Å². The first kappa shape index (κ1) is 17.4. The van der Waals surface area contributed by atoms with Crippen LogP contribution in [-0.4, -0.2) is 41.2 Å². The standard InChI is InChI=1S/C21H23N3O3/c1-26-20-8-7-19(27-20)21(25)24-11-9-16(10-12-24)18-14-17(22-23-18)13-15-5-3-2-4-6-15/h2-8,14,16H,9-13H2,1H3,(H,22,23). The number of nitrogens with one attached hydrogen (secondary N) is 1. The number of hydrogen-bond acceptors (Lipinski definition) is 4. The summed E-state index contributed by atoms with van der Waals surface area (Å²) >= 11 is 0. The number of amides is 1. The average molecular weight is 365 g/mol. The quantitative estimate of drug-likeness (QED) is 0.750. The minimum absolute atomic E-state index is 0.0801. The zero-order chi connectivity index (χ0) is 18.6. The second kappa shape index (κ2) is 7.70. The number of ether oxygens (including phenoxy) is 1. The fourth-order valence-corrected chi connectivity index (χ4v) is 3.57. The Bertz CT molecular complexity index is 892. The van der Waals surface area contributed by atoms with Gasteiger partial charge in [-0.05, 0) is 30.5 Å². The largest absolute Gasteiger partial charge is 0.468 e. The molecule has 0 bridgehead atoms. The van der Waals surface area contributed by atoms with Crippen LogP contribution in [0.3, 0.4) is 0 Å². The van der Waals surface area contributed by atoms with Crippen LogP contribution in [0.5, 0.6) is 5.95 Å². The average Bonchev–Trinajstić information content (AvgIpc) is 3.38. The third-order valence-corrected chi connectivity index (χ3v) is 5.08. The van der Waals surface area contributed by atoms with Gasteiger partial charge in [-0.3, -0.25) is 9.89 Å². The van der Waals surface area contributed by atoms with Crippen molar-refractivity contribution in [3.05, 3.63) is 71.2 Å². The van der Waals surface area contributed by atoms with Crippen LogP contribution in [0.4, 0.5) is 0 Å². The molecule has 1 amide bonds. The molecule has 6 heteroatoms. The molecule has 0 atom stereocenters. The van der Waals surface area contributed by atoms with Crippen LogP contribution < -0.4 is 4.74 Å². The molecule has 1 N–H and O–H groups in total. The molecule has 0 radical (unpaired) electrons. The number of aromatic amines is 1. The fourth-order valence-electron chi connectivity index (χ4n) is 3.57. The van der Waals surface area contributed by atoms with Gasteiger partial charge in [0.05, 0.1) is 12.8 Å². The van der Waals surface area contributed by atoms with Gasteiger partial charge in [0.25, 0.3) is 11.9 Å². The number of hydrogen-bond donors (Lipinski definition) is 1. The Morgan fingerprint density at radius 1 is 1.22 bits per heavy atom. The molecule has 1 saturated heterocycles. The molecule has 3 heterocycles. The summed E-state index contributed by atoms with van der Waals surface area (Å²) in [6.45, 7) is 1.40. The number of aromatic nitrogens is 2. The maximum atomic E-state index is 12.5. The van der Waals surface area contributed by atoms with Gasteiger partial charge in [0.1, 0.15) is 0 Å². The van der Waals surface area contributed by atoms with E-state index in [1.54, 1.807) is 12.1 Å². The van der Waals surface area contributed by atoms with Crippen molar-refractivity contribution < 1.29 is 13.9 Å². The van der Waals surface area contributed by atoms with E-state index in [0.29, 0.717) is 30.7 Å². The second-order valence-electron chi connectivity index (χ2n) is 6.87. The first-order chi connectivity index (χ1) is 13.2. The molecule has 140 valence electrons. The highest BCUT2D eigenvalue weighted by atomic mass is 16.6. The highest BCUT2D eigenvalue weighted by Gasteiger charge is 2.27. The monoisotopic (exact) mass is 365 g/mol. The summed E-state index contributed by atoms with van der Waals surface area (Å²) in [7, 11) is 1.52. The second-order valence-corrected chi connectivity index (χ2v) is 6.87. The van der Waals surface area contributed by atoms with Crippen LogP contribution in [0.2, 0.25) is 0 Å². The molecule has 0 saturated carbocycles. The summed E-state index contributed by atoms with van der Waals surface area (Å²) in [6.07, 6.45) is 2.66. The molecule has 1 fully saturated rings. The first-order valence-corrected chi connectivity index (χ1v) is 9.24. The van der Waals surface area contributed by atoms with Gasteiger partial charge in [-0.15, -0.1) is 0 Å². The van der Waals surface area contributed by atoms with Crippen LogP contribution in [0, 0.1) is 0 Å². The van der Waals surface area contributed by atoms with E-state index in [1.807, 2.05) is 23.1 Å². The SMILES string of the molecule is COc1ccc(C(=O)N2CCC(c3cc(Cc4ccccc4)[nH]n3)CC2)o1. The van der Waals surface area contributed by atoms with E-state index in [0.717, 1.165) is 30.7 Å². The van der Waals surface area contributed by atoms with E-state index in [4.69, 9.17) is 9.15 Å². The molecule has 4 rings (SSSR count). The van der Waals surface area contributed by atoms with E-state index in [9.17, 15) is 4.79 Å². The Labute approximate surface area is 158 Å². The molecular weight excluding hydrogens is 342 g/mol. The van der Waals surface area contributed by atoms with Crippen molar-refractivity contribution in [2.75, 3.05) is 20.2 Å². The third kappa shape index (κ3) is 3.89. The lowest BCUT2D eigenvalue weighted by atomic mass is 9.93. The maximum absolute atomic E-state index is 12.5. The Kier molecular flexibility index (Phi) is 4.96. The molecule has 1 aliphatic heterocycles. The highest BCUT2D eigenvalue weighted by molar-refractivity contribution is 5.91. The van der Waals surface area contributed by atoms with Crippen molar-refractivity contribution in [3.8, 4) is 5.95 Å². The van der Waals surface area contributed by atoms with Crippen molar-refractivity contribution in [1.29, 1.82) is 0 Å². The summed E-state index contributed by atoms with van der Waals surface area (Å²) in [5.41, 5.74) is 3.48. The fraction of sp³-hybridized carbons (Fsp3) is 0.333.